The van der Waals surface area contributed by atoms with Crippen molar-refractivity contribution in [1.82, 2.24) is 5.32 Å². The standard InChI is InChI=1S/C25H24N2O7S/c1-16(17-5-7-21-23(14-17)33-11-9-31-21)26-25(28)18-3-2-4-19(13-18)27-35(29,30)20-6-8-22-24(15-20)34-12-10-32-22/h2-8,13-16,27H,9-12H2,1H3,(H,26,28). The summed E-state index contributed by atoms with van der Waals surface area (Å²) in [6, 6.07) is 16.0. The Hall–Kier alpha value is -3.92. The van der Waals surface area contributed by atoms with Gasteiger partial charge < -0.3 is 24.3 Å². The van der Waals surface area contributed by atoms with Crippen LogP contribution < -0.4 is 29.0 Å². The Labute approximate surface area is 203 Å². The van der Waals surface area contributed by atoms with Gasteiger partial charge in [-0.05, 0) is 55.0 Å². The van der Waals surface area contributed by atoms with Gasteiger partial charge in [0.15, 0.2) is 23.0 Å². The molecule has 1 atom stereocenters. The van der Waals surface area contributed by atoms with E-state index in [-0.39, 0.29) is 22.5 Å². The van der Waals surface area contributed by atoms with Gasteiger partial charge >= 0.3 is 0 Å². The summed E-state index contributed by atoms with van der Waals surface area (Å²) >= 11 is 0. The number of ether oxygens (including phenoxy) is 4. The average molecular weight is 497 g/mol. The first-order chi connectivity index (χ1) is 16.9. The van der Waals surface area contributed by atoms with Crippen molar-refractivity contribution in [3.63, 3.8) is 0 Å². The first kappa shape index (κ1) is 22.9. The quantitative estimate of drug-likeness (QED) is 0.537. The predicted molar refractivity (Wildman–Crippen MR) is 128 cm³/mol. The summed E-state index contributed by atoms with van der Waals surface area (Å²) in [5.74, 6) is 1.86. The number of carbonyl (C=O) groups is 1. The molecule has 9 nitrogen and oxygen atoms in total. The topological polar surface area (TPSA) is 112 Å². The Morgan fingerprint density at radius 2 is 1.43 bits per heavy atom. The number of anilines is 1. The number of sulfonamides is 1. The van der Waals surface area contributed by atoms with E-state index in [9.17, 15) is 13.2 Å². The van der Waals surface area contributed by atoms with Gasteiger partial charge in [-0.3, -0.25) is 9.52 Å². The van der Waals surface area contributed by atoms with Crippen LogP contribution in [-0.2, 0) is 10.0 Å². The largest absolute Gasteiger partial charge is 0.486 e. The summed E-state index contributed by atoms with van der Waals surface area (Å²) < 4.78 is 50.4. The molecule has 0 aromatic heterocycles. The van der Waals surface area contributed by atoms with E-state index >= 15 is 0 Å². The molecule has 3 aromatic rings. The van der Waals surface area contributed by atoms with E-state index in [1.54, 1.807) is 24.3 Å². The summed E-state index contributed by atoms with van der Waals surface area (Å²) in [6.45, 7) is 3.61. The molecule has 2 heterocycles. The second-order valence-corrected chi connectivity index (χ2v) is 9.77. The van der Waals surface area contributed by atoms with Gasteiger partial charge in [0, 0.05) is 17.3 Å². The Morgan fingerprint density at radius 1 is 0.800 bits per heavy atom. The van der Waals surface area contributed by atoms with E-state index in [0.717, 1.165) is 5.56 Å². The van der Waals surface area contributed by atoms with Gasteiger partial charge in [-0.15, -0.1) is 0 Å². The highest BCUT2D eigenvalue weighted by molar-refractivity contribution is 7.92. The smallest absolute Gasteiger partial charge is 0.262 e. The minimum Gasteiger partial charge on any atom is -0.486 e. The molecule has 0 saturated heterocycles. The van der Waals surface area contributed by atoms with E-state index in [2.05, 4.69) is 10.0 Å². The van der Waals surface area contributed by atoms with Crippen LogP contribution in [0.1, 0.15) is 28.9 Å². The van der Waals surface area contributed by atoms with Crippen LogP contribution in [0.15, 0.2) is 65.6 Å². The summed E-state index contributed by atoms with van der Waals surface area (Å²) in [6.07, 6.45) is 0. The van der Waals surface area contributed by atoms with Crippen molar-refractivity contribution in [3.8, 4) is 23.0 Å². The third-order valence-electron chi connectivity index (χ3n) is 5.61. The van der Waals surface area contributed by atoms with Gasteiger partial charge in [0.2, 0.25) is 0 Å². The van der Waals surface area contributed by atoms with Gasteiger partial charge in [0.1, 0.15) is 26.4 Å². The third-order valence-corrected chi connectivity index (χ3v) is 6.99. The molecule has 0 radical (unpaired) electrons. The molecule has 2 N–H and O–H groups in total. The lowest BCUT2D eigenvalue weighted by Gasteiger charge is -2.21. The van der Waals surface area contributed by atoms with Crippen LogP contribution in [0, 0.1) is 0 Å². The normalized spacial score (nSPS) is 15.1. The van der Waals surface area contributed by atoms with Crippen LogP contribution in [0.25, 0.3) is 0 Å². The monoisotopic (exact) mass is 496 g/mol. The zero-order valence-corrected chi connectivity index (χ0v) is 19.8. The number of rotatable bonds is 6. The Balaban J connectivity index is 1.29. The Morgan fingerprint density at radius 3 is 2.14 bits per heavy atom. The first-order valence-corrected chi connectivity index (χ1v) is 12.6. The minimum atomic E-state index is -3.91. The summed E-state index contributed by atoms with van der Waals surface area (Å²) in [5, 5.41) is 2.93. The van der Waals surface area contributed by atoms with Gasteiger partial charge in [-0.1, -0.05) is 12.1 Å². The second kappa shape index (κ2) is 9.38. The number of amides is 1. The number of fused-ring (bicyclic) bond motifs is 2. The Bertz CT molecular complexity index is 1370. The van der Waals surface area contributed by atoms with Gasteiger partial charge in [0.05, 0.1) is 10.9 Å². The minimum absolute atomic E-state index is 0.0313. The molecule has 0 aliphatic carbocycles. The molecular formula is C25H24N2O7S. The van der Waals surface area contributed by atoms with E-state index in [0.29, 0.717) is 55.0 Å². The van der Waals surface area contributed by atoms with Crippen LogP contribution in [0.4, 0.5) is 5.69 Å². The summed E-state index contributed by atoms with van der Waals surface area (Å²) in [5.41, 5.74) is 1.44. The molecule has 0 saturated carbocycles. The van der Waals surface area contributed by atoms with Gasteiger partial charge in [-0.2, -0.15) is 0 Å². The van der Waals surface area contributed by atoms with Crippen molar-refractivity contribution in [2.45, 2.75) is 17.9 Å². The number of hydrogen-bond donors (Lipinski definition) is 2. The fourth-order valence-electron chi connectivity index (χ4n) is 3.82. The highest BCUT2D eigenvalue weighted by Crippen LogP contribution is 2.34. The summed E-state index contributed by atoms with van der Waals surface area (Å²) in [4.78, 5) is 12.9. The molecule has 0 bridgehead atoms. The van der Waals surface area contributed by atoms with Crippen molar-refractivity contribution < 1.29 is 32.2 Å². The second-order valence-electron chi connectivity index (χ2n) is 8.09. The molecule has 10 heteroatoms. The molecule has 0 fully saturated rings. The van der Waals surface area contributed by atoms with Crippen molar-refractivity contribution in [3.05, 3.63) is 71.8 Å². The third kappa shape index (κ3) is 4.97. The van der Waals surface area contributed by atoms with Crippen molar-refractivity contribution in [2.24, 2.45) is 0 Å². The molecule has 2 aliphatic heterocycles. The van der Waals surface area contributed by atoms with Gasteiger partial charge in [0.25, 0.3) is 15.9 Å². The molecule has 5 rings (SSSR count). The molecule has 1 amide bonds. The van der Waals surface area contributed by atoms with Crippen LogP contribution in [0.2, 0.25) is 0 Å². The van der Waals surface area contributed by atoms with E-state index < -0.39 is 10.0 Å². The van der Waals surface area contributed by atoms with Gasteiger partial charge in [-0.25, -0.2) is 8.42 Å². The zero-order valence-electron chi connectivity index (χ0n) is 18.9. The first-order valence-electron chi connectivity index (χ1n) is 11.1. The lowest BCUT2D eigenvalue weighted by Crippen LogP contribution is -2.27. The number of hydrogen-bond acceptors (Lipinski definition) is 7. The van der Waals surface area contributed by atoms with Crippen molar-refractivity contribution in [1.29, 1.82) is 0 Å². The molecule has 3 aromatic carbocycles. The van der Waals surface area contributed by atoms with Crippen LogP contribution in [0.5, 0.6) is 23.0 Å². The van der Waals surface area contributed by atoms with E-state index in [1.807, 2.05) is 25.1 Å². The molecule has 1 unspecified atom stereocenters. The maximum Gasteiger partial charge on any atom is 0.262 e. The maximum absolute atomic E-state index is 12.9. The molecule has 2 aliphatic rings. The average Bonchev–Trinajstić information content (AvgIpc) is 2.88. The van der Waals surface area contributed by atoms with E-state index in [4.69, 9.17) is 18.9 Å². The SMILES string of the molecule is CC(NC(=O)c1cccc(NS(=O)(=O)c2ccc3c(c2)OCCO3)c1)c1ccc2c(c1)OCCO2. The van der Waals surface area contributed by atoms with Crippen LogP contribution in [-0.4, -0.2) is 40.8 Å². The fraction of sp³-hybridized carbons (Fsp3) is 0.240. The lowest BCUT2D eigenvalue weighted by atomic mass is 10.1. The molecule has 182 valence electrons. The summed E-state index contributed by atoms with van der Waals surface area (Å²) in [7, 11) is -3.91. The lowest BCUT2D eigenvalue weighted by molar-refractivity contribution is 0.0939. The predicted octanol–water partition coefficient (Wildman–Crippen LogP) is 3.52. The molecular weight excluding hydrogens is 472 g/mol. The number of benzene rings is 3. The van der Waals surface area contributed by atoms with Crippen molar-refractivity contribution in [2.75, 3.05) is 31.1 Å². The van der Waals surface area contributed by atoms with E-state index in [1.165, 1.54) is 18.2 Å². The van der Waals surface area contributed by atoms with Crippen LogP contribution in [0.3, 0.4) is 0 Å². The highest BCUT2D eigenvalue weighted by Gasteiger charge is 2.21. The zero-order chi connectivity index (χ0) is 24.4. The molecule has 35 heavy (non-hydrogen) atoms. The Kier molecular flexibility index (Phi) is 6.12. The van der Waals surface area contributed by atoms with Crippen molar-refractivity contribution >= 4 is 21.6 Å². The number of nitrogens with one attached hydrogen (secondary N) is 2. The maximum atomic E-state index is 12.9. The van der Waals surface area contributed by atoms with Crippen LogP contribution >= 0.6 is 0 Å². The molecule has 0 spiro atoms. The number of carbonyl (C=O) groups excluding carboxylic acids is 1. The highest BCUT2D eigenvalue weighted by atomic mass is 32.2. The fourth-order valence-corrected chi connectivity index (χ4v) is 4.89.